The van der Waals surface area contributed by atoms with Gasteiger partial charge in [-0.2, -0.15) is 0 Å². The van der Waals surface area contributed by atoms with Crippen molar-refractivity contribution in [3.8, 4) is 5.75 Å². The number of nitrogens with one attached hydrogen (secondary N) is 1. The number of nitro benzene ring substituents is 1. The highest BCUT2D eigenvalue weighted by Crippen LogP contribution is 2.28. The van der Waals surface area contributed by atoms with E-state index in [1.807, 2.05) is 26.0 Å². The molecular weight excluding hydrogens is 501 g/mol. The summed E-state index contributed by atoms with van der Waals surface area (Å²) in [6.45, 7) is 8.16. The fourth-order valence-electron chi connectivity index (χ4n) is 3.02. The van der Waals surface area contributed by atoms with Crippen molar-refractivity contribution in [2.45, 2.75) is 32.2 Å². The number of amides is 1. The molecule has 0 aliphatic heterocycles. The van der Waals surface area contributed by atoms with Crippen molar-refractivity contribution in [2.75, 3.05) is 11.1 Å². The molecule has 0 unspecified atom stereocenters. The lowest BCUT2D eigenvalue weighted by Crippen LogP contribution is -2.15. The second kappa shape index (κ2) is 11.4. The number of carbonyl (C=O) groups is 1. The van der Waals surface area contributed by atoms with Gasteiger partial charge in [0.2, 0.25) is 5.91 Å². The average Bonchev–Trinajstić information content (AvgIpc) is 3.17. The van der Waals surface area contributed by atoms with Crippen molar-refractivity contribution in [1.29, 1.82) is 0 Å². The summed E-state index contributed by atoms with van der Waals surface area (Å²) in [6, 6.07) is 7.53. The Morgan fingerprint density at radius 3 is 2.62 bits per heavy atom. The van der Waals surface area contributed by atoms with Crippen LogP contribution in [-0.4, -0.2) is 31.3 Å². The molecule has 0 fully saturated rings. The Morgan fingerprint density at radius 2 is 1.97 bits per heavy atom. The maximum atomic E-state index is 12.4. The number of hydrogen-bond acceptors (Lipinski definition) is 7. The summed E-state index contributed by atoms with van der Waals surface area (Å²) in [4.78, 5) is 22.8. The van der Waals surface area contributed by atoms with Gasteiger partial charge in [0.25, 0.3) is 5.69 Å². The van der Waals surface area contributed by atoms with Crippen LogP contribution in [0.5, 0.6) is 5.75 Å². The minimum absolute atomic E-state index is 0.00920. The van der Waals surface area contributed by atoms with Crippen LogP contribution in [0, 0.1) is 24.0 Å². The van der Waals surface area contributed by atoms with Crippen LogP contribution < -0.4 is 10.1 Å². The number of non-ortho nitro benzene ring substituents is 1. The lowest BCUT2D eigenvalue weighted by molar-refractivity contribution is -0.384. The first-order chi connectivity index (χ1) is 16.2. The molecular formula is C22H21Cl2N5O4S. The SMILES string of the molecule is C=CCn1c(COc2cc(C)c(Cl)c(C)c2)nnc1SCC(=O)Nc1cc([N+](=O)[O-])ccc1Cl. The summed E-state index contributed by atoms with van der Waals surface area (Å²) in [7, 11) is 0. The molecule has 1 N–H and O–H groups in total. The third-order valence-corrected chi connectivity index (χ3v) is 6.54. The summed E-state index contributed by atoms with van der Waals surface area (Å²) >= 11 is 13.4. The molecule has 0 saturated heterocycles. The minimum atomic E-state index is -0.561. The number of aryl methyl sites for hydroxylation is 2. The number of ether oxygens (including phenoxy) is 1. The van der Waals surface area contributed by atoms with Crippen molar-refractivity contribution in [2.24, 2.45) is 0 Å². The number of rotatable bonds is 10. The van der Waals surface area contributed by atoms with E-state index in [0.717, 1.165) is 22.9 Å². The molecule has 2 aromatic carbocycles. The fourth-order valence-corrected chi connectivity index (χ4v) is 4.06. The maximum absolute atomic E-state index is 12.4. The number of nitro groups is 1. The van der Waals surface area contributed by atoms with Gasteiger partial charge in [0.15, 0.2) is 11.0 Å². The number of nitrogens with zero attached hydrogens (tertiary/aromatic N) is 4. The predicted octanol–water partition coefficient (Wildman–Crippen LogP) is 5.61. The molecule has 1 aromatic heterocycles. The van der Waals surface area contributed by atoms with Gasteiger partial charge in [0.05, 0.1) is 21.4 Å². The first-order valence-corrected chi connectivity index (χ1v) is 11.7. The van der Waals surface area contributed by atoms with E-state index in [0.29, 0.717) is 28.3 Å². The monoisotopic (exact) mass is 521 g/mol. The van der Waals surface area contributed by atoms with Crippen molar-refractivity contribution < 1.29 is 14.5 Å². The molecule has 0 atom stereocenters. The number of thioether (sulfide) groups is 1. The second-order valence-corrected chi connectivity index (χ2v) is 8.94. The number of hydrogen-bond donors (Lipinski definition) is 1. The molecule has 12 heteroatoms. The highest BCUT2D eigenvalue weighted by Gasteiger charge is 2.16. The summed E-state index contributed by atoms with van der Waals surface area (Å²) < 4.78 is 7.68. The topological polar surface area (TPSA) is 112 Å². The summed E-state index contributed by atoms with van der Waals surface area (Å²) in [5.41, 5.74) is 1.82. The Bertz CT molecular complexity index is 1230. The van der Waals surface area contributed by atoms with Crippen molar-refractivity contribution >= 4 is 52.2 Å². The molecule has 3 rings (SSSR count). The summed E-state index contributed by atoms with van der Waals surface area (Å²) in [5.74, 6) is 0.820. The first kappa shape index (κ1) is 25.5. The quantitative estimate of drug-likeness (QED) is 0.160. The van der Waals surface area contributed by atoms with Crippen molar-refractivity contribution in [3.05, 3.63) is 80.1 Å². The molecule has 0 aliphatic rings. The molecule has 0 bridgehead atoms. The number of aromatic nitrogens is 3. The zero-order valence-corrected chi connectivity index (χ0v) is 20.7. The van der Waals surface area contributed by atoms with E-state index in [1.54, 1.807) is 10.6 Å². The normalized spacial score (nSPS) is 10.7. The van der Waals surface area contributed by atoms with E-state index in [1.165, 1.54) is 18.2 Å². The van der Waals surface area contributed by atoms with E-state index in [-0.39, 0.29) is 28.8 Å². The van der Waals surface area contributed by atoms with Crippen LogP contribution in [0.2, 0.25) is 10.0 Å². The number of benzene rings is 2. The van der Waals surface area contributed by atoms with E-state index in [4.69, 9.17) is 27.9 Å². The van der Waals surface area contributed by atoms with Crippen LogP contribution >= 0.6 is 35.0 Å². The molecule has 0 saturated carbocycles. The standard InChI is InChI=1S/C22H21Cl2N5O4S/c1-4-7-28-19(11-33-16-8-13(2)21(24)14(3)9-16)26-27-22(28)34-12-20(30)25-18-10-15(29(31)32)5-6-17(18)23/h4-6,8-10H,1,7,11-12H2,2-3H3,(H,25,30). The third kappa shape index (κ3) is 6.28. The van der Waals surface area contributed by atoms with Crippen molar-refractivity contribution in [3.63, 3.8) is 0 Å². The highest BCUT2D eigenvalue weighted by molar-refractivity contribution is 7.99. The van der Waals surface area contributed by atoms with Crippen LogP contribution in [0.3, 0.4) is 0 Å². The number of halogens is 2. The molecule has 178 valence electrons. The van der Waals surface area contributed by atoms with Gasteiger partial charge in [0, 0.05) is 23.7 Å². The Kier molecular flexibility index (Phi) is 8.54. The van der Waals surface area contributed by atoms with Gasteiger partial charge in [0.1, 0.15) is 12.4 Å². The average molecular weight is 522 g/mol. The zero-order chi connectivity index (χ0) is 24.8. The van der Waals surface area contributed by atoms with Gasteiger partial charge < -0.3 is 10.1 Å². The Morgan fingerprint density at radius 1 is 1.26 bits per heavy atom. The Labute approximate surface area is 210 Å². The summed E-state index contributed by atoms with van der Waals surface area (Å²) in [6.07, 6.45) is 1.69. The van der Waals surface area contributed by atoms with Gasteiger partial charge in [-0.15, -0.1) is 16.8 Å². The number of anilines is 1. The first-order valence-electron chi connectivity index (χ1n) is 9.98. The zero-order valence-electron chi connectivity index (χ0n) is 18.4. The van der Waals surface area contributed by atoms with Crippen LogP contribution in [0.15, 0.2) is 48.1 Å². The van der Waals surface area contributed by atoms with Crippen LogP contribution in [-0.2, 0) is 17.9 Å². The van der Waals surface area contributed by atoms with Crippen LogP contribution in [0.1, 0.15) is 17.0 Å². The molecule has 0 aliphatic carbocycles. The van der Waals surface area contributed by atoms with E-state index in [2.05, 4.69) is 22.1 Å². The van der Waals surface area contributed by atoms with E-state index >= 15 is 0 Å². The van der Waals surface area contributed by atoms with Gasteiger partial charge >= 0.3 is 0 Å². The molecule has 3 aromatic rings. The molecule has 0 spiro atoms. The molecule has 0 radical (unpaired) electrons. The second-order valence-electron chi connectivity index (χ2n) is 7.22. The smallest absolute Gasteiger partial charge is 0.271 e. The summed E-state index contributed by atoms with van der Waals surface area (Å²) in [5, 5.41) is 23.3. The predicted molar refractivity (Wildman–Crippen MR) is 133 cm³/mol. The van der Waals surface area contributed by atoms with Gasteiger partial charge in [-0.05, 0) is 43.2 Å². The molecule has 1 heterocycles. The van der Waals surface area contributed by atoms with Gasteiger partial charge in [-0.25, -0.2) is 0 Å². The lowest BCUT2D eigenvalue weighted by atomic mass is 10.1. The maximum Gasteiger partial charge on any atom is 0.271 e. The van der Waals surface area contributed by atoms with E-state index < -0.39 is 10.8 Å². The highest BCUT2D eigenvalue weighted by atomic mass is 35.5. The van der Waals surface area contributed by atoms with Gasteiger partial charge in [-0.3, -0.25) is 19.5 Å². The molecule has 34 heavy (non-hydrogen) atoms. The van der Waals surface area contributed by atoms with Gasteiger partial charge in [-0.1, -0.05) is 41.0 Å². The number of carbonyl (C=O) groups excluding carboxylic acids is 1. The lowest BCUT2D eigenvalue weighted by Gasteiger charge is -2.11. The van der Waals surface area contributed by atoms with Crippen LogP contribution in [0.4, 0.5) is 11.4 Å². The number of allylic oxidation sites excluding steroid dienone is 1. The third-order valence-electron chi connectivity index (χ3n) is 4.65. The molecule has 1 amide bonds. The van der Waals surface area contributed by atoms with E-state index in [9.17, 15) is 14.9 Å². The Balaban J connectivity index is 1.66. The molecule has 9 nitrogen and oxygen atoms in total. The Hall–Kier alpha value is -3.08. The minimum Gasteiger partial charge on any atom is -0.486 e. The largest absolute Gasteiger partial charge is 0.486 e. The fraction of sp³-hybridized carbons (Fsp3) is 0.227. The van der Waals surface area contributed by atoms with Crippen LogP contribution in [0.25, 0.3) is 0 Å². The van der Waals surface area contributed by atoms with Crippen molar-refractivity contribution in [1.82, 2.24) is 14.8 Å².